The number of anilines is 1. The van der Waals surface area contributed by atoms with Crippen molar-refractivity contribution in [1.82, 2.24) is 9.80 Å². The number of nitrogens with one attached hydrogen (secondary N) is 1. The fourth-order valence-electron chi connectivity index (χ4n) is 5.13. The van der Waals surface area contributed by atoms with Crippen LogP contribution in [-0.4, -0.2) is 41.8 Å². The van der Waals surface area contributed by atoms with Crippen molar-refractivity contribution >= 4 is 27.4 Å². The van der Waals surface area contributed by atoms with Crippen LogP contribution in [0.1, 0.15) is 25.7 Å². The molecule has 2 aliphatic heterocycles. The molecule has 1 aromatic carbocycles. The van der Waals surface area contributed by atoms with Gasteiger partial charge in [-0.05, 0) is 36.5 Å². The van der Waals surface area contributed by atoms with E-state index in [0.717, 1.165) is 36.2 Å². The molecule has 2 aromatic rings. The summed E-state index contributed by atoms with van der Waals surface area (Å²) in [7, 11) is 0. The van der Waals surface area contributed by atoms with Gasteiger partial charge < -0.3 is 4.90 Å². The van der Waals surface area contributed by atoms with Gasteiger partial charge in [-0.1, -0.05) is 25.0 Å². The van der Waals surface area contributed by atoms with E-state index in [1.165, 1.54) is 54.7 Å². The Hall–Kier alpha value is -1.17. The van der Waals surface area contributed by atoms with E-state index in [9.17, 15) is 0 Å². The van der Waals surface area contributed by atoms with Crippen molar-refractivity contribution < 1.29 is 4.59 Å². The Morgan fingerprint density at radius 3 is 2.74 bits per heavy atom. The molecule has 0 bridgehead atoms. The van der Waals surface area contributed by atoms with Gasteiger partial charge >= 0.3 is 0 Å². The van der Waals surface area contributed by atoms with Crippen molar-refractivity contribution in [3.63, 3.8) is 0 Å². The minimum absolute atomic E-state index is 0.948. The lowest BCUT2D eigenvalue weighted by molar-refractivity contribution is -0.964. The van der Waals surface area contributed by atoms with E-state index >= 15 is 0 Å². The second-order valence-corrected chi connectivity index (χ2v) is 8.44. The predicted octanol–water partition coefficient (Wildman–Crippen LogP) is 3.22. The van der Waals surface area contributed by atoms with E-state index in [1.807, 2.05) is 0 Å². The molecule has 4 nitrogen and oxygen atoms in total. The average molecular weight is 329 g/mol. The summed E-state index contributed by atoms with van der Waals surface area (Å²) in [6, 6.07) is 8.66. The lowest BCUT2D eigenvalue weighted by Gasteiger charge is -2.43. The van der Waals surface area contributed by atoms with Gasteiger partial charge in [-0.15, -0.1) is 0 Å². The number of fused-ring (bicyclic) bond motifs is 2. The molecule has 1 aliphatic carbocycles. The third kappa shape index (κ3) is 2.37. The van der Waals surface area contributed by atoms with Gasteiger partial charge in [0.2, 0.25) is 0 Å². The second kappa shape index (κ2) is 5.43. The van der Waals surface area contributed by atoms with E-state index in [4.69, 9.17) is 4.37 Å². The molecule has 0 radical (unpaired) electrons. The summed E-state index contributed by atoms with van der Waals surface area (Å²) in [4.78, 5) is 2.53. The van der Waals surface area contributed by atoms with Gasteiger partial charge in [-0.2, -0.15) is 9.80 Å². The predicted molar refractivity (Wildman–Crippen MR) is 95.3 cm³/mol. The molecular weight excluding hydrogens is 304 g/mol. The molecule has 5 heteroatoms. The summed E-state index contributed by atoms with van der Waals surface area (Å²) >= 11 is 1.64. The summed E-state index contributed by atoms with van der Waals surface area (Å²) in [5, 5.41) is 1.33. The van der Waals surface area contributed by atoms with Crippen molar-refractivity contribution in [2.75, 3.05) is 37.7 Å². The lowest BCUT2D eigenvalue weighted by Crippen LogP contribution is -2.67. The first-order valence-corrected chi connectivity index (χ1v) is 9.81. The highest BCUT2D eigenvalue weighted by atomic mass is 32.1. The third-order valence-electron chi connectivity index (χ3n) is 6.16. The number of benzene rings is 1. The number of hydrogen-bond acceptors (Lipinski definition) is 4. The number of hydrogen-bond donors (Lipinski definition) is 1. The maximum atomic E-state index is 4.79. The monoisotopic (exact) mass is 329 g/mol. The molecule has 1 N–H and O–H groups in total. The number of rotatable bonds is 1. The Labute approximate surface area is 141 Å². The number of aromatic nitrogens is 1. The fraction of sp³-hybridized carbons (Fsp3) is 0.611. The zero-order valence-electron chi connectivity index (χ0n) is 13.6. The van der Waals surface area contributed by atoms with Crippen LogP contribution in [-0.2, 0) is 0 Å². The third-order valence-corrected chi connectivity index (χ3v) is 6.98. The Kier molecular flexibility index (Phi) is 3.35. The molecule has 2 atom stereocenters. The van der Waals surface area contributed by atoms with Gasteiger partial charge in [-0.25, -0.2) is 4.59 Å². The molecule has 1 saturated carbocycles. The normalized spacial score (nSPS) is 30.0. The van der Waals surface area contributed by atoms with E-state index in [-0.39, 0.29) is 0 Å². The topological polar surface area (TPSA) is 28.2 Å². The summed E-state index contributed by atoms with van der Waals surface area (Å²) in [6.45, 7) is 5.88. The Morgan fingerprint density at radius 2 is 1.91 bits per heavy atom. The Bertz CT molecular complexity index is 698. The lowest BCUT2D eigenvalue weighted by atomic mass is 9.82. The summed E-state index contributed by atoms with van der Waals surface area (Å²) in [5.41, 5.74) is 3.86. The highest BCUT2D eigenvalue weighted by molar-refractivity contribution is 7.13. The van der Waals surface area contributed by atoms with Crippen molar-refractivity contribution in [2.24, 2.45) is 11.8 Å². The quantitative estimate of drug-likeness (QED) is 0.814. The molecule has 5 rings (SSSR count). The van der Waals surface area contributed by atoms with Crippen LogP contribution >= 0.6 is 11.5 Å². The Morgan fingerprint density at radius 1 is 1.13 bits per heavy atom. The fourth-order valence-corrected chi connectivity index (χ4v) is 5.92. The van der Waals surface area contributed by atoms with E-state index < -0.39 is 0 Å². The first kappa shape index (κ1) is 14.2. The maximum Gasteiger partial charge on any atom is 0.173 e. The average Bonchev–Trinajstić information content (AvgIpc) is 3.15. The zero-order chi connectivity index (χ0) is 15.3. The largest absolute Gasteiger partial charge is 0.305 e. The summed E-state index contributed by atoms with van der Waals surface area (Å²) in [6.07, 6.45) is 5.79. The van der Waals surface area contributed by atoms with Crippen LogP contribution in [0.3, 0.4) is 0 Å². The minimum atomic E-state index is 0.948. The number of quaternary nitrogens is 1. The first-order chi connectivity index (χ1) is 11.3. The van der Waals surface area contributed by atoms with Crippen LogP contribution in [0.25, 0.3) is 10.1 Å². The smallest absolute Gasteiger partial charge is 0.173 e. The molecule has 23 heavy (non-hydrogen) atoms. The molecule has 3 aliphatic rings. The highest BCUT2D eigenvalue weighted by Crippen LogP contribution is 2.40. The molecule has 0 unspecified atom stereocenters. The van der Waals surface area contributed by atoms with Gasteiger partial charge in [0, 0.05) is 23.8 Å². The van der Waals surface area contributed by atoms with Crippen LogP contribution < -0.4 is 10.3 Å². The molecule has 3 heterocycles. The standard InChI is InChI=1S/C18H25N4S/c1-2-6-15-12-22(11-14(15)5-1)13-21(10-9-19-22)18-16-7-3-4-8-17(16)23-20-18/h3-4,7-8,14-15,19H,1-2,5-6,9-13H2/q+1/t14-,15-/m0/s1. The number of nitrogens with zero attached hydrogens (tertiary/aromatic N) is 3. The van der Waals surface area contributed by atoms with Crippen molar-refractivity contribution in [3.8, 4) is 0 Å². The van der Waals surface area contributed by atoms with Crippen LogP contribution in [0.4, 0.5) is 5.82 Å². The SMILES string of the molecule is c1ccc2c(N3CCN[N+]4(C[C@@H]5CCCC[C@H]5C4)C3)nsc2c1. The van der Waals surface area contributed by atoms with Crippen LogP contribution in [0, 0.1) is 11.8 Å². The molecule has 1 spiro atoms. The first-order valence-electron chi connectivity index (χ1n) is 9.04. The van der Waals surface area contributed by atoms with Gasteiger partial charge in [0.1, 0.15) is 13.1 Å². The molecule has 0 amide bonds. The van der Waals surface area contributed by atoms with Crippen molar-refractivity contribution in [3.05, 3.63) is 24.3 Å². The van der Waals surface area contributed by atoms with Crippen molar-refractivity contribution in [2.45, 2.75) is 25.7 Å². The molecule has 2 saturated heterocycles. The van der Waals surface area contributed by atoms with Crippen LogP contribution in [0.2, 0.25) is 0 Å². The minimum Gasteiger partial charge on any atom is -0.305 e. The second-order valence-electron chi connectivity index (χ2n) is 7.63. The van der Waals surface area contributed by atoms with Gasteiger partial charge in [-0.3, -0.25) is 0 Å². The summed E-state index contributed by atoms with van der Waals surface area (Å²) < 4.78 is 7.20. The molecule has 1 aromatic heterocycles. The molecular formula is C18H25N4S+. The van der Waals surface area contributed by atoms with Crippen LogP contribution in [0.15, 0.2) is 24.3 Å². The van der Waals surface area contributed by atoms with Crippen LogP contribution in [0.5, 0.6) is 0 Å². The maximum absolute atomic E-state index is 4.79. The summed E-state index contributed by atoms with van der Waals surface area (Å²) in [5.74, 6) is 3.10. The van der Waals surface area contributed by atoms with Gasteiger partial charge in [0.15, 0.2) is 12.5 Å². The van der Waals surface area contributed by atoms with E-state index in [0.29, 0.717) is 0 Å². The van der Waals surface area contributed by atoms with E-state index in [1.54, 1.807) is 11.5 Å². The zero-order valence-corrected chi connectivity index (χ0v) is 14.4. The highest BCUT2D eigenvalue weighted by Gasteiger charge is 2.48. The Balaban J connectivity index is 1.43. The van der Waals surface area contributed by atoms with E-state index in [2.05, 4.69) is 34.6 Å². The van der Waals surface area contributed by atoms with Gasteiger partial charge in [0.05, 0.1) is 11.2 Å². The molecule has 3 fully saturated rings. The molecule has 122 valence electrons. The van der Waals surface area contributed by atoms with Crippen molar-refractivity contribution in [1.29, 1.82) is 0 Å². The van der Waals surface area contributed by atoms with Gasteiger partial charge in [0.25, 0.3) is 0 Å².